The molecule has 3 rings (SSSR count). The number of piperazine rings is 1. The van der Waals surface area contributed by atoms with Crippen molar-refractivity contribution < 1.29 is 9.82 Å². The smallest absolute Gasteiger partial charge is 0.269 e. The summed E-state index contributed by atoms with van der Waals surface area (Å²) >= 11 is 0. The Kier molecular flexibility index (Phi) is 5.04. The van der Waals surface area contributed by atoms with E-state index in [0.717, 1.165) is 31.7 Å². The molecule has 1 aliphatic heterocycles. The number of nitrogens with zero attached hydrogens (tertiary/aromatic N) is 2. The second kappa shape index (κ2) is 7.23. The maximum absolute atomic E-state index is 11.0. The maximum Gasteiger partial charge on any atom is 0.269 e. The lowest BCUT2D eigenvalue weighted by molar-refractivity contribution is -0.930. The van der Waals surface area contributed by atoms with E-state index in [0.29, 0.717) is 0 Å². The molecule has 2 aromatic rings. The molecular formula is C20H26N3O2+. The Hall–Kier alpha value is -2.40. The Bertz CT molecular complexity index is 767. The SMILES string of the molecule is Cc1cccc(N2CC[NH+]([C@@H](C)c3cccc([N+](=O)[O-])c3)CC2)c1C. The highest BCUT2D eigenvalue weighted by atomic mass is 16.6. The molecule has 0 unspecified atom stereocenters. The molecule has 0 saturated carbocycles. The van der Waals surface area contributed by atoms with Gasteiger partial charge in [0.2, 0.25) is 0 Å². The van der Waals surface area contributed by atoms with Crippen molar-refractivity contribution in [1.29, 1.82) is 0 Å². The number of nitro benzene ring substituents is 1. The zero-order valence-electron chi connectivity index (χ0n) is 15.2. The molecular weight excluding hydrogens is 314 g/mol. The number of nitro groups is 1. The Morgan fingerprint density at radius 2 is 1.80 bits per heavy atom. The van der Waals surface area contributed by atoms with E-state index in [1.165, 1.54) is 21.7 Å². The quantitative estimate of drug-likeness (QED) is 0.688. The first-order valence-electron chi connectivity index (χ1n) is 8.87. The number of anilines is 1. The summed E-state index contributed by atoms with van der Waals surface area (Å²) in [6.45, 7) is 10.6. The van der Waals surface area contributed by atoms with Gasteiger partial charge in [0.1, 0.15) is 6.04 Å². The van der Waals surface area contributed by atoms with E-state index in [9.17, 15) is 10.1 Å². The zero-order chi connectivity index (χ0) is 18.0. The number of hydrogen-bond acceptors (Lipinski definition) is 3. The summed E-state index contributed by atoms with van der Waals surface area (Å²) in [6.07, 6.45) is 0. The van der Waals surface area contributed by atoms with Gasteiger partial charge in [0.15, 0.2) is 0 Å². The van der Waals surface area contributed by atoms with Crippen molar-refractivity contribution in [2.75, 3.05) is 31.1 Å². The molecule has 1 heterocycles. The van der Waals surface area contributed by atoms with Crippen LogP contribution in [0.15, 0.2) is 42.5 Å². The molecule has 0 bridgehead atoms. The highest BCUT2D eigenvalue weighted by Crippen LogP contribution is 2.23. The molecule has 0 aliphatic carbocycles. The van der Waals surface area contributed by atoms with Crippen molar-refractivity contribution in [3.05, 3.63) is 69.3 Å². The van der Waals surface area contributed by atoms with E-state index in [-0.39, 0.29) is 16.7 Å². The van der Waals surface area contributed by atoms with Crippen molar-refractivity contribution in [2.24, 2.45) is 0 Å². The third kappa shape index (κ3) is 3.66. The van der Waals surface area contributed by atoms with E-state index >= 15 is 0 Å². The Labute approximate surface area is 149 Å². The van der Waals surface area contributed by atoms with Gasteiger partial charge >= 0.3 is 0 Å². The van der Waals surface area contributed by atoms with Crippen LogP contribution in [0.2, 0.25) is 0 Å². The van der Waals surface area contributed by atoms with E-state index in [1.54, 1.807) is 18.2 Å². The van der Waals surface area contributed by atoms with E-state index in [4.69, 9.17) is 0 Å². The van der Waals surface area contributed by atoms with Gasteiger partial charge in [-0.2, -0.15) is 0 Å². The summed E-state index contributed by atoms with van der Waals surface area (Å²) < 4.78 is 0. The summed E-state index contributed by atoms with van der Waals surface area (Å²) in [5, 5.41) is 11.0. The van der Waals surface area contributed by atoms with Crippen LogP contribution in [0.5, 0.6) is 0 Å². The molecule has 0 amide bonds. The standard InChI is InChI=1S/C20H25N3O2/c1-15-6-4-9-20(16(15)2)22-12-10-21(11-13-22)17(3)18-7-5-8-19(14-18)23(24)25/h4-9,14,17H,10-13H2,1-3H3/p+1/t17-/m0/s1. The van der Waals surface area contributed by atoms with Crippen LogP contribution in [-0.2, 0) is 0 Å². The molecule has 1 saturated heterocycles. The number of benzene rings is 2. The lowest BCUT2D eigenvalue weighted by Crippen LogP contribution is -3.14. The van der Waals surface area contributed by atoms with Crippen LogP contribution in [0, 0.1) is 24.0 Å². The first-order valence-corrected chi connectivity index (χ1v) is 8.87. The van der Waals surface area contributed by atoms with Crippen molar-refractivity contribution in [3.8, 4) is 0 Å². The van der Waals surface area contributed by atoms with Crippen molar-refractivity contribution in [3.63, 3.8) is 0 Å². The summed E-state index contributed by atoms with van der Waals surface area (Å²) in [7, 11) is 0. The molecule has 1 N–H and O–H groups in total. The highest BCUT2D eigenvalue weighted by Gasteiger charge is 2.27. The van der Waals surface area contributed by atoms with Crippen LogP contribution < -0.4 is 9.80 Å². The predicted molar refractivity (Wildman–Crippen MR) is 100 cm³/mol. The fourth-order valence-electron chi connectivity index (χ4n) is 3.69. The van der Waals surface area contributed by atoms with Gasteiger partial charge in [-0.05, 0) is 38.0 Å². The fraction of sp³-hybridized carbons (Fsp3) is 0.400. The van der Waals surface area contributed by atoms with Crippen LogP contribution in [0.3, 0.4) is 0 Å². The van der Waals surface area contributed by atoms with Crippen LogP contribution in [0.1, 0.15) is 29.7 Å². The number of hydrogen-bond donors (Lipinski definition) is 1. The summed E-state index contributed by atoms with van der Waals surface area (Å²) in [6, 6.07) is 13.8. The van der Waals surface area contributed by atoms with Crippen molar-refractivity contribution in [1.82, 2.24) is 0 Å². The summed E-state index contributed by atoms with van der Waals surface area (Å²) in [4.78, 5) is 14.6. The fourth-order valence-corrected chi connectivity index (χ4v) is 3.69. The molecule has 5 nitrogen and oxygen atoms in total. The minimum atomic E-state index is -0.315. The number of quaternary nitrogens is 1. The lowest BCUT2D eigenvalue weighted by Gasteiger charge is -2.37. The van der Waals surface area contributed by atoms with Crippen LogP contribution in [-0.4, -0.2) is 31.1 Å². The molecule has 0 spiro atoms. The second-order valence-corrected chi connectivity index (χ2v) is 6.94. The largest absolute Gasteiger partial charge is 0.360 e. The minimum Gasteiger partial charge on any atom is -0.360 e. The first kappa shape index (κ1) is 17.4. The van der Waals surface area contributed by atoms with Crippen LogP contribution in [0.4, 0.5) is 11.4 Å². The molecule has 1 atom stereocenters. The number of aryl methyl sites for hydroxylation is 1. The normalized spacial score (nSPS) is 16.7. The Morgan fingerprint density at radius 3 is 2.48 bits per heavy atom. The molecule has 25 heavy (non-hydrogen) atoms. The van der Waals surface area contributed by atoms with E-state index < -0.39 is 0 Å². The average molecular weight is 340 g/mol. The van der Waals surface area contributed by atoms with Gasteiger partial charge in [0.25, 0.3) is 5.69 Å². The van der Waals surface area contributed by atoms with Crippen molar-refractivity contribution in [2.45, 2.75) is 26.8 Å². The van der Waals surface area contributed by atoms with Gasteiger partial charge in [0.05, 0.1) is 31.1 Å². The van der Waals surface area contributed by atoms with E-state index in [1.807, 2.05) is 6.07 Å². The highest BCUT2D eigenvalue weighted by molar-refractivity contribution is 5.56. The molecule has 2 aromatic carbocycles. The van der Waals surface area contributed by atoms with Gasteiger partial charge in [-0.3, -0.25) is 10.1 Å². The van der Waals surface area contributed by atoms with Gasteiger partial charge in [-0.1, -0.05) is 24.3 Å². The van der Waals surface area contributed by atoms with Gasteiger partial charge in [0, 0.05) is 23.4 Å². The zero-order valence-corrected chi connectivity index (χ0v) is 15.2. The van der Waals surface area contributed by atoms with Crippen LogP contribution in [0.25, 0.3) is 0 Å². The lowest BCUT2D eigenvalue weighted by atomic mass is 10.0. The first-order chi connectivity index (χ1) is 12.0. The third-order valence-electron chi connectivity index (χ3n) is 5.52. The topological polar surface area (TPSA) is 50.8 Å². The molecule has 0 radical (unpaired) electrons. The summed E-state index contributed by atoms with van der Waals surface area (Å²) in [5.74, 6) is 0. The van der Waals surface area contributed by atoms with E-state index in [2.05, 4.69) is 43.9 Å². The van der Waals surface area contributed by atoms with Gasteiger partial charge in [-0.15, -0.1) is 0 Å². The van der Waals surface area contributed by atoms with Crippen molar-refractivity contribution >= 4 is 11.4 Å². The minimum absolute atomic E-state index is 0.178. The number of rotatable bonds is 4. The average Bonchev–Trinajstić information content (AvgIpc) is 2.63. The Morgan fingerprint density at radius 1 is 1.12 bits per heavy atom. The van der Waals surface area contributed by atoms with Gasteiger partial charge < -0.3 is 9.80 Å². The van der Waals surface area contributed by atoms with Crippen LogP contribution >= 0.6 is 0 Å². The molecule has 1 fully saturated rings. The molecule has 0 aromatic heterocycles. The predicted octanol–water partition coefficient (Wildman–Crippen LogP) is 2.68. The monoisotopic (exact) mass is 340 g/mol. The molecule has 1 aliphatic rings. The molecule has 5 heteroatoms. The number of non-ortho nitro benzene ring substituents is 1. The Balaban J connectivity index is 1.68. The third-order valence-corrected chi connectivity index (χ3v) is 5.52. The van der Waals surface area contributed by atoms with Gasteiger partial charge in [-0.25, -0.2) is 0 Å². The second-order valence-electron chi connectivity index (χ2n) is 6.94. The molecule has 132 valence electrons. The summed E-state index contributed by atoms with van der Waals surface area (Å²) in [5.41, 5.74) is 5.25. The maximum atomic E-state index is 11.0. The number of nitrogens with one attached hydrogen (secondary N) is 1.